The Kier molecular flexibility index (Phi) is 6.18. The van der Waals surface area contributed by atoms with E-state index in [1.165, 1.54) is 6.07 Å². The number of hydrogen-bond acceptors (Lipinski definition) is 3. The zero-order chi connectivity index (χ0) is 13.5. The summed E-state index contributed by atoms with van der Waals surface area (Å²) >= 11 is 0. The third-order valence-electron chi connectivity index (χ3n) is 3.01. The van der Waals surface area contributed by atoms with Crippen LogP contribution in [0, 0.1) is 11.6 Å². The van der Waals surface area contributed by atoms with E-state index in [2.05, 4.69) is 5.43 Å². The zero-order valence-electron chi connectivity index (χ0n) is 10.7. The standard InChI is InChI=1S/C13H20F2N2O/c1-3-5-12(18-2)11(17-16)8-9-6-4-7-10(14)13(9)15/h4,6-7,11-12,17H,3,5,8,16H2,1-2H3. The van der Waals surface area contributed by atoms with E-state index < -0.39 is 11.6 Å². The van der Waals surface area contributed by atoms with Crippen molar-refractivity contribution in [2.75, 3.05) is 7.11 Å². The van der Waals surface area contributed by atoms with E-state index in [9.17, 15) is 8.78 Å². The van der Waals surface area contributed by atoms with Crippen molar-refractivity contribution >= 4 is 0 Å². The molecule has 0 radical (unpaired) electrons. The lowest BCUT2D eigenvalue weighted by Crippen LogP contribution is -2.46. The van der Waals surface area contributed by atoms with Gasteiger partial charge in [0, 0.05) is 7.11 Å². The first-order valence-electron chi connectivity index (χ1n) is 6.05. The van der Waals surface area contributed by atoms with Crippen molar-refractivity contribution in [2.24, 2.45) is 5.84 Å². The molecule has 0 aromatic heterocycles. The second-order valence-electron chi connectivity index (χ2n) is 4.25. The Morgan fingerprint density at radius 3 is 2.67 bits per heavy atom. The van der Waals surface area contributed by atoms with E-state index in [0.717, 1.165) is 18.9 Å². The van der Waals surface area contributed by atoms with Crippen LogP contribution in [0.3, 0.4) is 0 Å². The minimum Gasteiger partial charge on any atom is -0.380 e. The number of ether oxygens (including phenoxy) is 1. The molecule has 0 amide bonds. The smallest absolute Gasteiger partial charge is 0.162 e. The molecule has 2 atom stereocenters. The third-order valence-corrected chi connectivity index (χ3v) is 3.01. The Hall–Kier alpha value is -1.04. The van der Waals surface area contributed by atoms with Crippen LogP contribution in [0.15, 0.2) is 18.2 Å². The van der Waals surface area contributed by atoms with E-state index in [0.29, 0.717) is 12.0 Å². The SMILES string of the molecule is CCCC(OC)C(Cc1cccc(F)c1F)NN. The maximum absolute atomic E-state index is 13.6. The number of rotatable bonds is 7. The minimum atomic E-state index is -0.840. The first-order valence-corrected chi connectivity index (χ1v) is 6.05. The fourth-order valence-corrected chi connectivity index (χ4v) is 2.01. The molecule has 0 saturated heterocycles. The second kappa shape index (κ2) is 7.41. The first kappa shape index (κ1) is 15.0. The van der Waals surface area contributed by atoms with Crippen molar-refractivity contribution in [1.82, 2.24) is 5.43 Å². The van der Waals surface area contributed by atoms with Crippen LogP contribution in [-0.4, -0.2) is 19.3 Å². The van der Waals surface area contributed by atoms with E-state index in [1.54, 1.807) is 13.2 Å². The minimum absolute atomic E-state index is 0.123. The Labute approximate surface area is 106 Å². The van der Waals surface area contributed by atoms with Gasteiger partial charge in [0.25, 0.3) is 0 Å². The maximum atomic E-state index is 13.6. The molecule has 0 fully saturated rings. The number of nitrogens with one attached hydrogen (secondary N) is 1. The van der Waals surface area contributed by atoms with Crippen LogP contribution >= 0.6 is 0 Å². The number of halogens is 2. The molecule has 0 aliphatic rings. The molecule has 0 spiro atoms. The van der Waals surface area contributed by atoms with Gasteiger partial charge in [-0.05, 0) is 24.5 Å². The van der Waals surface area contributed by atoms with Gasteiger partial charge in [0.2, 0.25) is 0 Å². The summed E-state index contributed by atoms with van der Waals surface area (Å²) in [6.07, 6.45) is 1.91. The van der Waals surface area contributed by atoms with Gasteiger partial charge < -0.3 is 4.74 Å². The number of nitrogens with two attached hydrogens (primary N) is 1. The van der Waals surface area contributed by atoms with Crippen molar-refractivity contribution in [3.63, 3.8) is 0 Å². The summed E-state index contributed by atoms with van der Waals surface area (Å²) in [5.74, 6) is 3.81. The molecule has 5 heteroatoms. The molecule has 102 valence electrons. The summed E-state index contributed by atoms with van der Waals surface area (Å²) in [6, 6.07) is 3.90. The molecule has 0 heterocycles. The fraction of sp³-hybridized carbons (Fsp3) is 0.538. The second-order valence-corrected chi connectivity index (χ2v) is 4.25. The average molecular weight is 258 g/mol. The molecule has 0 aliphatic heterocycles. The molecule has 3 N–H and O–H groups in total. The Balaban J connectivity index is 2.81. The van der Waals surface area contributed by atoms with Crippen LogP contribution in [0.4, 0.5) is 8.78 Å². The van der Waals surface area contributed by atoms with E-state index in [1.807, 2.05) is 6.92 Å². The van der Waals surface area contributed by atoms with Crippen LogP contribution in [0.2, 0.25) is 0 Å². The summed E-state index contributed by atoms with van der Waals surface area (Å²) in [7, 11) is 1.59. The van der Waals surface area contributed by atoms with Crippen LogP contribution in [0.25, 0.3) is 0 Å². The van der Waals surface area contributed by atoms with Crippen molar-refractivity contribution < 1.29 is 13.5 Å². The van der Waals surface area contributed by atoms with Gasteiger partial charge >= 0.3 is 0 Å². The Morgan fingerprint density at radius 1 is 1.39 bits per heavy atom. The number of hydrogen-bond donors (Lipinski definition) is 2. The van der Waals surface area contributed by atoms with Crippen LogP contribution in [0.5, 0.6) is 0 Å². The van der Waals surface area contributed by atoms with Gasteiger partial charge in [0.05, 0.1) is 12.1 Å². The molecule has 2 unspecified atom stereocenters. The topological polar surface area (TPSA) is 47.3 Å². The molecule has 1 rings (SSSR count). The quantitative estimate of drug-likeness (QED) is 0.582. The zero-order valence-corrected chi connectivity index (χ0v) is 10.7. The summed E-state index contributed by atoms with van der Waals surface area (Å²) in [4.78, 5) is 0. The number of methoxy groups -OCH3 is 1. The van der Waals surface area contributed by atoms with Crippen LogP contribution in [0.1, 0.15) is 25.3 Å². The normalized spacial score (nSPS) is 14.5. The largest absolute Gasteiger partial charge is 0.380 e. The summed E-state index contributed by atoms with van der Waals surface area (Å²) in [6.45, 7) is 2.03. The van der Waals surface area contributed by atoms with Crippen molar-refractivity contribution in [2.45, 2.75) is 38.3 Å². The predicted molar refractivity (Wildman–Crippen MR) is 66.9 cm³/mol. The molecule has 0 aliphatic carbocycles. The van der Waals surface area contributed by atoms with Crippen molar-refractivity contribution in [3.05, 3.63) is 35.4 Å². The van der Waals surface area contributed by atoms with Crippen LogP contribution < -0.4 is 11.3 Å². The van der Waals surface area contributed by atoms with Crippen molar-refractivity contribution in [3.8, 4) is 0 Å². The predicted octanol–water partition coefficient (Wildman–Crippen LogP) is 2.15. The monoisotopic (exact) mass is 258 g/mol. The number of benzene rings is 1. The Bertz CT molecular complexity index is 374. The first-order chi connectivity index (χ1) is 8.63. The van der Waals surface area contributed by atoms with Gasteiger partial charge in [-0.1, -0.05) is 25.5 Å². The number of hydrazine groups is 1. The lowest BCUT2D eigenvalue weighted by molar-refractivity contribution is 0.0606. The van der Waals surface area contributed by atoms with Gasteiger partial charge in [-0.3, -0.25) is 11.3 Å². The summed E-state index contributed by atoms with van der Waals surface area (Å²) < 4.78 is 32.0. The lowest BCUT2D eigenvalue weighted by Gasteiger charge is -2.25. The van der Waals surface area contributed by atoms with Crippen molar-refractivity contribution in [1.29, 1.82) is 0 Å². The lowest BCUT2D eigenvalue weighted by atomic mass is 9.98. The molecule has 3 nitrogen and oxygen atoms in total. The van der Waals surface area contributed by atoms with Gasteiger partial charge in [0.15, 0.2) is 11.6 Å². The van der Waals surface area contributed by atoms with E-state index >= 15 is 0 Å². The van der Waals surface area contributed by atoms with Gasteiger partial charge in [-0.25, -0.2) is 8.78 Å². The molecular formula is C13H20F2N2O. The maximum Gasteiger partial charge on any atom is 0.162 e. The molecular weight excluding hydrogens is 238 g/mol. The Morgan fingerprint density at radius 2 is 2.11 bits per heavy atom. The molecule has 1 aromatic carbocycles. The molecule has 1 aromatic rings. The van der Waals surface area contributed by atoms with Crippen LogP contribution in [-0.2, 0) is 11.2 Å². The van der Waals surface area contributed by atoms with E-state index in [4.69, 9.17) is 10.6 Å². The highest BCUT2D eigenvalue weighted by molar-refractivity contribution is 5.20. The highest BCUT2D eigenvalue weighted by Gasteiger charge is 2.21. The summed E-state index contributed by atoms with van der Waals surface area (Å²) in [5, 5.41) is 0. The summed E-state index contributed by atoms with van der Waals surface area (Å²) in [5.41, 5.74) is 2.92. The average Bonchev–Trinajstić information content (AvgIpc) is 2.38. The molecule has 18 heavy (non-hydrogen) atoms. The molecule has 0 saturated carbocycles. The van der Waals surface area contributed by atoms with Gasteiger partial charge in [0.1, 0.15) is 0 Å². The highest BCUT2D eigenvalue weighted by atomic mass is 19.2. The van der Waals surface area contributed by atoms with E-state index in [-0.39, 0.29) is 12.1 Å². The molecule has 0 bridgehead atoms. The fourth-order valence-electron chi connectivity index (χ4n) is 2.01. The van der Waals surface area contributed by atoms with Gasteiger partial charge in [-0.15, -0.1) is 0 Å². The van der Waals surface area contributed by atoms with Gasteiger partial charge in [-0.2, -0.15) is 0 Å². The highest BCUT2D eigenvalue weighted by Crippen LogP contribution is 2.16. The third kappa shape index (κ3) is 3.73.